The monoisotopic (exact) mass is 297 g/mol. The molecular formula is C13H16BrNO2. The van der Waals surface area contributed by atoms with Crippen molar-refractivity contribution in [1.29, 1.82) is 0 Å². The highest BCUT2D eigenvalue weighted by Gasteiger charge is 2.19. The lowest BCUT2D eigenvalue weighted by Gasteiger charge is -2.21. The van der Waals surface area contributed by atoms with Crippen LogP contribution in [0.2, 0.25) is 0 Å². The Bertz CT molecular complexity index is 414. The molecule has 0 N–H and O–H groups in total. The second-order valence-electron chi connectivity index (χ2n) is 4.42. The van der Waals surface area contributed by atoms with Crippen LogP contribution in [0.3, 0.4) is 0 Å². The normalized spacial score (nSPS) is 16.8. The van der Waals surface area contributed by atoms with E-state index in [1.165, 1.54) is 39.2 Å². The van der Waals surface area contributed by atoms with Gasteiger partial charge in [0.25, 0.3) is 0 Å². The Kier molecular flexibility index (Phi) is 4.15. The summed E-state index contributed by atoms with van der Waals surface area (Å²) in [6.45, 7) is 0. The fourth-order valence-electron chi connectivity index (χ4n) is 2.33. The van der Waals surface area contributed by atoms with Gasteiger partial charge in [-0.2, -0.15) is 0 Å². The van der Waals surface area contributed by atoms with Crippen molar-refractivity contribution < 1.29 is 9.53 Å². The van der Waals surface area contributed by atoms with Crippen molar-refractivity contribution in [3.8, 4) is 0 Å². The lowest BCUT2D eigenvalue weighted by atomic mass is 9.86. The van der Waals surface area contributed by atoms with E-state index in [0.29, 0.717) is 11.5 Å². The molecule has 0 amide bonds. The van der Waals surface area contributed by atoms with E-state index in [1.54, 1.807) is 6.20 Å². The summed E-state index contributed by atoms with van der Waals surface area (Å²) in [6, 6.07) is 1.96. The van der Waals surface area contributed by atoms with Crippen LogP contribution in [0, 0.1) is 0 Å². The molecule has 1 saturated carbocycles. The molecular weight excluding hydrogens is 282 g/mol. The van der Waals surface area contributed by atoms with E-state index in [1.807, 2.05) is 6.07 Å². The highest BCUT2D eigenvalue weighted by atomic mass is 79.9. The highest BCUT2D eigenvalue weighted by molar-refractivity contribution is 9.10. The van der Waals surface area contributed by atoms with Crippen molar-refractivity contribution in [1.82, 2.24) is 4.98 Å². The van der Waals surface area contributed by atoms with Gasteiger partial charge in [0.2, 0.25) is 0 Å². The smallest absolute Gasteiger partial charge is 0.340 e. The number of rotatable bonds is 2. The number of ether oxygens (including phenoxy) is 1. The number of carbonyl (C=O) groups is 1. The van der Waals surface area contributed by atoms with Gasteiger partial charge in [-0.15, -0.1) is 0 Å². The summed E-state index contributed by atoms with van der Waals surface area (Å²) in [6.07, 6.45) is 7.91. The van der Waals surface area contributed by atoms with Crippen LogP contribution in [0.5, 0.6) is 0 Å². The Hall–Kier alpha value is -0.900. The first-order chi connectivity index (χ1) is 8.22. The van der Waals surface area contributed by atoms with Gasteiger partial charge < -0.3 is 4.74 Å². The highest BCUT2D eigenvalue weighted by Crippen LogP contribution is 2.33. The minimum Gasteiger partial charge on any atom is -0.465 e. The first-order valence-corrected chi connectivity index (χ1v) is 6.75. The van der Waals surface area contributed by atoms with Gasteiger partial charge in [-0.1, -0.05) is 19.3 Å². The van der Waals surface area contributed by atoms with Gasteiger partial charge in [0, 0.05) is 22.3 Å². The van der Waals surface area contributed by atoms with E-state index >= 15 is 0 Å². The molecule has 0 radical (unpaired) electrons. The van der Waals surface area contributed by atoms with E-state index < -0.39 is 0 Å². The van der Waals surface area contributed by atoms with Crippen molar-refractivity contribution in [3.05, 3.63) is 28.0 Å². The Morgan fingerprint density at radius 3 is 2.71 bits per heavy atom. The van der Waals surface area contributed by atoms with Crippen LogP contribution < -0.4 is 0 Å². The third kappa shape index (κ3) is 2.86. The molecule has 1 aromatic rings. The first-order valence-electron chi connectivity index (χ1n) is 5.96. The second kappa shape index (κ2) is 5.63. The van der Waals surface area contributed by atoms with Crippen LogP contribution in [0.25, 0.3) is 0 Å². The molecule has 0 bridgehead atoms. The van der Waals surface area contributed by atoms with E-state index in [4.69, 9.17) is 4.74 Å². The summed E-state index contributed by atoms with van der Waals surface area (Å²) in [4.78, 5) is 15.8. The minimum atomic E-state index is -0.348. The number of esters is 1. The van der Waals surface area contributed by atoms with Crippen molar-refractivity contribution in [3.63, 3.8) is 0 Å². The van der Waals surface area contributed by atoms with Crippen LogP contribution in [0.4, 0.5) is 0 Å². The van der Waals surface area contributed by atoms with Crippen molar-refractivity contribution in [2.24, 2.45) is 0 Å². The molecule has 1 aromatic heterocycles. The molecule has 1 aliphatic carbocycles. The molecule has 2 rings (SSSR count). The maximum absolute atomic E-state index is 11.4. The molecule has 4 heteroatoms. The van der Waals surface area contributed by atoms with Crippen molar-refractivity contribution >= 4 is 21.9 Å². The van der Waals surface area contributed by atoms with Crippen LogP contribution in [0.15, 0.2) is 16.7 Å². The Morgan fingerprint density at radius 1 is 1.41 bits per heavy atom. The molecule has 1 fully saturated rings. The molecule has 0 unspecified atom stereocenters. The van der Waals surface area contributed by atoms with Crippen molar-refractivity contribution in [2.45, 2.75) is 38.0 Å². The lowest BCUT2D eigenvalue weighted by Crippen LogP contribution is -2.09. The van der Waals surface area contributed by atoms with Gasteiger partial charge in [0.15, 0.2) is 0 Å². The predicted octanol–water partition coefficient (Wildman–Crippen LogP) is 3.68. The summed E-state index contributed by atoms with van der Waals surface area (Å²) in [7, 11) is 1.38. The third-order valence-electron chi connectivity index (χ3n) is 3.30. The minimum absolute atomic E-state index is 0.348. The van der Waals surface area contributed by atoms with E-state index in [0.717, 1.165) is 10.2 Å². The second-order valence-corrected chi connectivity index (χ2v) is 5.27. The summed E-state index contributed by atoms with van der Waals surface area (Å²) in [5, 5.41) is 0. The molecule has 0 spiro atoms. The van der Waals surface area contributed by atoms with Gasteiger partial charge in [0.1, 0.15) is 0 Å². The van der Waals surface area contributed by atoms with E-state index in [9.17, 15) is 4.79 Å². The number of pyridine rings is 1. The summed E-state index contributed by atoms with van der Waals surface area (Å²) >= 11 is 3.41. The zero-order valence-electron chi connectivity index (χ0n) is 9.91. The fourth-order valence-corrected chi connectivity index (χ4v) is 2.83. The van der Waals surface area contributed by atoms with Gasteiger partial charge in [-0.3, -0.25) is 4.98 Å². The fraction of sp³-hybridized carbons (Fsp3) is 0.538. The lowest BCUT2D eigenvalue weighted by molar-refractivity contribution is 0.0599. The van der Waals surface area contributed by atoms with Gasteiger partial charge in [-0.05, 0) is 34.8 Å². The van der Waals surface area contributed by atoms with E-state index in [2.05, 4.69) is 20.9 Å². The topological polar surface area (TPSA) is 39.2 Å². The van der Waals surface area contributed by atoms with Gasteiger partial charge in [-0.25, -0.2) is 4.79 Å². The third-order valence-corrected chi connectivity index (χ3v) is 3.96. The molecule has 0 aromatic carbocycles. The number of hydrogen-bond acceptors (Lipinski definition) is 3. The Balaban J connectivity index is 2.20. The zero-order chi connectivity index (χ0) is 12.3. The number of hydrogen-bond donors (Lipinski definition) is 0. The van der Waals surface area contributed by atoms with Crippen LogP contribution in [-0.4, -0.2) is 18.1 Å². The number of nitrogens with zero attached hydrogens (tertiary/aromatic N) is 1. The Labute approximate surface area is 110 Å². The molecule has 0 saturated heterocycles. The van der Waals surface area contributed by atoms with E-state index in [-0.39, 0.29) is 5.97 Å². The van der Waals surface area contributed by atoms with Gasteiger partial charge >= 0.3 is 5.97 Å². The quantitative estimate of drug-likeness (QED) is 0.782. The summed E-state index contributed by atoms with van der Waals surface area (Å²) in [5.41, 5.74) is 1.58. The van der Waals surface area contributed by atoms with Crippen LogP contribution >= 0.6 is 15.9 Å². The number of halogens is 1. The van der Waals surface area contributed by atoms with Gasteiger partial charge in [0.05, 0.1) is 12.7 Å². The van der Waals surface area contributed by atoms with Crippen LogP contribution in [0.1, 0.15) is 54.1 Å². The Morgan fingerprint density at radius 2 is 2.12 bits per heavy atom. The number of carbonyl (C=O) groups excluding carboxylic acids is 1. The molecule has 0 atom stereocenters. The zero-order valence-corrected chi connectivity index (χ0v) is 11.5. The maximum Gasteiger partial charge on any atom is 0.340 e. The average Bonchev–Trinajstić information content (AvgIpc) is 2.39. The predicted molar refractivity (Wildman–Crippen MR) is 69.1 cm³/mol. The number of aromatic nitrogens is 1. The molecule has 1 heterocycles. The number of methoxy groups -OCH3 is 1. The molecule has 3 nitrogen and oxygen atoms in total. The van der Waals surface area contributed by atoms with Crippen molar-refractivity contribution in [2.75, 3.05) is 7.11 Å². The summed E-state index contributed by atoms with van der Waals surface area (Å²) in [5.74, 6) is 0.200. The molecule has 1 aliphatic rings. The summed E-state index contributed by atoms with van der Waals surface area (Å²) < 4.78 is 5.47. The molecule has 0 aliphatic heterocycles. The maximum atomic E-state index is 11.4. The SMILES string of the molecule is COC(=O)c1cnc(C2CCCCC2)cc1Br. The average molecular weight is 298 g/mol. The molecule has 92 valence electrons. The first kappa shape index (κ1) is 12.6. The standard InChI is InChI=1S/C13H16BrNO2/c1-17-13(16)10-8-15-12(7-11(10)14)9-5-3-2-4-6-9/h7-9H,2-6H2,1H3. The van der Waals surface area contributed by atoms with Crippen LogP contribution in [-0.2, 0) is 4.74 Å². The largest absolute Gasteiger partial charge is 0.465 e. The molecule has 17 heavy (non-hydrogen) atoms.